The Hall–Kier alpha value is -2.43. The van der Waals surface area contributed by atoms with Gasteiger partial charge in [-0.15, -0.1) is 0 Å². The van der Waals surface area contributed by atoms with Crippen LogP contribution in [0.5, 0.6) is 0 Å². The van der Waals surface area contributed by atoms with Gasteiger partial charge in [0.1, 0.15) is 5.56 Å². The van der Waals surface area contributed by atoms with Crippen molar-refractivity contribution >= 4 is 5.97 Å². The summed E-state index contributed by atoms with van der Waals surface area (Å²) in [6.07, 6.45) is 3.29. The molecule has 5 heteroatoms. The lowest BCUT2D eigenvalue weighted by molar-refractivity contribution is 0.0693. The number of carbonyl (C=O) groups is 1. The highest BCUT2D eigenvalue weighted by molar-refractivity contribution is 5.88. The number of unbranched alkanes of at least 4 members (excludes halogenated alkanes) is 1. The molecule has 104 valence electrons. The van der Waals surface area contributed by atoms with Gasteiger partial charge in [-0.05, 0) is 25.0 Å². The maximum absolute atomic E-state index is 11.8. The zero-order chi connectivity index (χ0) is 14.5. The smallest absolute Gasteiger partial charge is 0.341 e. The molecule has 1 N–H and O–H groups in total. The molecule has 0 saturated heterocycles. The Kier molecular flexibility index (Phi) is 4.30. The normalized spacial score (nSPS) is 10.4. The summed E-state index contributed by atoms with van der Waals surface area (Å²) in [6, 6.07) is 9.23. The molecule has 0 aliphatic heterocycles. The standard InChI is InChI=1S/C15H16N2O3/c1-2-3-9-12-14(15(19)20)13(18)10-16-17(12)11-7-5-4-6-8-11/h4-8,10H,2-3,9H2,1H3,(H,19,20). The van der Waals surface area contributed by atoms with E-state index in [9.17, 15) is 14.7 Å². The maximum atomic E-state index is 11.8. The highest BCUT2D eigenvalue weighted by Crippen LogP contribution is 2.14. The molecule has 0 unspecified atom stereocenters. The number of hydrogen-bond acceptors (Lipinski definition) is 3. The number of carboxylic acid groups (broad SMARTS) is 1. The molecule has 0 saturated carbocycles. The van der Waals surface area contributed by atoms with Gasteiger partial charge in [0.25, 0.3) is 0 Å². The second-order valence-electron chi connectivity index (χ2n) is 4.49. The Morgan fingerprint density at radius 1 is 1.30 bits per heavy atom. The van der Waals surface area contributed by atoms with Crippen LogP contribution in [0.3, 0.4) is 0 Å². The van der Waals surface area contributed by atoms with Crippen molar-refractivity contribution in [2.24, 2.45) is 0 Å². The van der Waals surface area contributed by atoms with Gasteiger partial charge in [-0.2, -0.15) is 5.10 Å². The minimum Gasteiger partial charge on any atom is -0.477 e. The van der Waals surface area contributed by atoms with Crippen molar-refractivity contribution in [3.63, 3.8) is 0 Å². The van der Waals surface area contributed by atoms with Crippen LogP contribution in [-0.2, 0) is 6.42 Å². The van der Waals surface area contributed by atoms with Crippen molar-refractivity contribution in [3.8, 4) is 5.69 Å². The largest absolute Gasteiger partial charge is 0.477 e. The van der Waals surface area contributed by atoms with Crippen LogP contribution in [0.2, 0.25) is 0 Å². The van der Waals surface area contributed by atoms with Crippen molar-refractivity contribution in [1.29, 1.82) is 0 Å². The molecule has 0 radical (unpaired) electrons. The first kappa shape index (κ1) is 14.0. The van der Waals surface area contributed by atoms with Gasteiger partial charge in [-0.3, -0.25) is 4.79 Å². The average Bonchev–Trinajstić information content (AvgIpc) is 2.45. The summed E-state index contributed by atoms with van der Waals surface area (Å²) in [5, 5.41) is 13.4. The molecule has 5 nitrogen and oxygen atoms in total. The van der Waals surface area contributed by atoms with Crippen LogP contribution in [0.15, 0.2) is 41.3 Å². The van der Waals surface area contributed by atoms with Gasteiger partial charge in [-0.1, -0.05) is 31.5 Å². The summed E-state index contributed by atoms with van der Waals surface area (Å²) in [4.78, 5) is 23.1. The van der Waals surface area contributed by atoms with E-state index < -0.39 is 11.4 Å². The molecule has 0 atom stereocenters. The van der Waals surface area contributed by atoms with Gasteiger partial charge < -0.3 is 5.11 Å². The fraction of sp³-hybridized carbons (Fsp3) is 0.267. The van der Waals surface area contributed by atoms with E-state index in [2.05, 4.69) is 5.10 Å². The topological polar surface area (TPSA) is 72.2 Å². The van der Waals surface area contributed by atoms with E-state index in [1.807, 2.05) is 37.3 Å². The molecule has 0 aliphatic carbocycles. The number of rotatable bonds is 5. The highest BCUT2D eigenvalue weighted by atomic mass is 16.4. The van der Waals surface area contributed by atoms with Gasteiger partial charge in [-0.25, -0.2) is 9.48 Å². The van der Waals surface area contributed by atoms with Crippen LogP contribution >= 0.6 is 0 Å². The third-order valence-electron chi connectivity index (χ3n) is 3.06. The molecule has 0 fully saturated rings. The lowest BCUT2D eigenvalue weighted by Gasteiger charge is -2.13. The molecule has 20 heavy (non-hydrogen) atoms. The van der Waals surface area contributed by atoms with Gasteiger partial charge >= 0.3 is 5.97 Å². The molecule has 0 bridgehead atoms. The first-order valence-corrected chi connectivity index (χ1v) is 6.55. The molecule has 1 heterocycles. The highest BCUT2D eigenvalue weighted by Gasteiger charge is 2.18. The molecule has 0 amide bonds. The fourth-order valence-electron chi connectivity index (χ4n) is 2.09. The van der Waals surface area contributed by atoms with Crippen LogP contribution in [0.25, 0.3) is 5.69 Å². The minimum absolute atomic E-state index is 0.183. The van der Waals surface area contributed by atoms with Crippen molar-refractivity contribution in [1.82, 2.24) is 9.78 Å². The average molecular weight is 272 g/mol. The Morgan fingerprint density at radius 3 is 2.60 bits per heavy atom. The fourth-order valence-corrected chi connectivity index (χ4v) is 2.09. The summed E-state index contributed by atoms with van der Waals surface area (Å²) in [5.41, 5.74) is 0.479. The molecule has 0 aliphatic rings. The van der Waals surface area contributed by atoms with E-state index in [-0.39, 0.29) is 5.56 Å². The number of nitrogens with zero attached hydrogens (tertiary/aromatic N) is 2. The lowest BCUT2D eigenvalue weighted by atomic mass is 10.1. The van der Waals surface area contributed by atoms with Crippen LogP contribution < -0.4 is 5.43 Å². The third-order valence-corrected chi connectivity index (χ3v) is 3.06. The first-order valence-electron chi connectivity index (χ1n) is 6.55. The van der Waals surface area contributed by atoms with E-state index in [0.29, 0.717) is 12.1 Å². The first-order chi connectivity index (χ1) is 9.65. The van der Waals surface area contributed by atoms with E-state index in [1.54, 1.807) is 4.68 Å². The van der Waals surface area contributed by atoms with Crippen molar-refractivity contribution in [2.45, 2.75) is 26.2 Å². The summed E-state index contributed by atoms with van der Waals surface area (Å²) in [6.45, 7) is 2.02. The van der Waals surface area contributed by atoms with Crippen LogP contribution in [0, 0.1) is 0 Å². The summed E-state index contributed by atoms with van der Waals surface area (Å²) in [7, 11) is 0. The van der Waals surface area contributed by atoms with E-state index in [1.165, 1.54) is 0 Å². The van der Waals surface area contributed by atoms with Gasteiger partial charge in [0.2, 0.25) is 5.43 Å². The zero-order valence-corrected chi connectivity index (χ0v) is 11.2. The molecule has 2 aromatic rings. The van der Waals surface area contributed by atoms with Gasteiger partial charge in [0.15, 0.2) is 0 Å². The van der Waals surface area contributed by atoms with Crippen molar-refractivity contribution in [2.75, 3.05) is 0 Å². The summed E-state index contributed by atoms with van der Waals surface area (Å²) in [5.74, 6) is -1.20. The Bertz CT molecular complexity index is 663. The molecule has 1 aromatic heterocycles. The molecular weight excluding hydrogens is 256 g/mol. The Balaban J connectivity index is 2.65. The quantitative estimate of drug-likeness (QED) is 0.906. The second-order valence-corrected chi connectivity index (χ2v) is 4.49. The van der Waals surface area contributed by atoms with Crippen LogP contribution in [0.4, 0.5) is 0 Å². The maximum Gasteiger partial charge on any atom is 0.341 e. The van der Waals surface area contributed by atoms with Gasteiger partial charge in [0, 0.05) is 0 Å². The lowest BCUT2D eigenvalue weighted by Crippen LogP contribution is -2.24. The van der Waals surface area contributed by atoms with Crippen molar-refractivity contribution in [3.05, 3.63) is 58.0 Å². The van der Waals surface area contributed by atoms with E-state index in [4.69, 9.17) is 0 Å². The van der Waals surface area contributed by atoms with Crippen molar-refractivity contribution < 1.29 is 9.90 Å². The summed E-state index contributed by atoms with van der Waals surface area (Å²) < 4.78 is 1.54. The van der Waals surface area contributed by atoms with Crippen LogP contribution in [-0.4, -0.2) is 20.9 Å². The monoisotopic (exact) mass is 272 g/mol. The summed E-state index contributed by atoms with van der Waals surface area (Å²) >= 11 is 0. The number of aromatic carboxylic acids is 1. The predicted molar refractivity (Wildman–Crippen MR) is 75.4 cm³/mol. The van der Waals surface area contributed by atoms with E-state index >= 15 is 0 Å². The predicted octanol–water partition coefficient (Wildman–Crippen LogP) is 2.27. The minimum atomic E-state index is -1.20. The van der Waals surface area contributed by atoms with Gasteiger partial charge in [0.05, 0.1) is 17.6 Å². The number of para-hydroxylation sites is 1. The Morgan fingerprint density at radius 2 is 2.00 bits per heavy atom. The zero-order valence-electron chi connectivity index (χ0n) is 11.2. The molecular formula is C15H16N2O3. The number of hydrogen-bond donors (Lipinski definition) is 1. The Labute approximate surface area is 116 Å². The van der Waals surface area contributed by atoms with Crippen LogP contribution in [0.1, 0.15) is 35.8 Å². The molecule has 0 spiro atoms. The number of benzene rings is 1. The third kappa shape index (κ3) is 2.77. The number of aromatic nitrogens is 2. The SMILES string of the molecule is CCCCc1c(C(=O)O)c(=O)cnn1-c1ccccc1. The number of carboxylic acids is 1. The second kappa shape index (κ2) is 6.14. The molecule has 2 rings (SSSR count). The van der Waals surface area contributed by atoms with E-state index in [0.717, 1.165) is 24.7 Å². The molecule has 1 aromatic carbocycles.